The third-order valence-electron chi connectivity index (χ3n) is 2.28. The Hall–Kier alpha value is 0.170. The lowest BCUT2D eigenvalue weighted by Crippen LogP contribution is -2.31. The Kier molecular flexibility index (Phi) is 4.04. The molecule has 6 heteroatoms. The van der Waals surface area contributed by atoms with Crippen LogP contribution >= 0.6 is 20.2 Å². The molecule has 0 amide bonds. The fraction of sp³-hybridized carbons (Fsp3) is 0.889. The first kappa shape index (κ1) is 13.2. The zero-order chi connectivity index (χ0) is 11.7. The highest BCUT2D eigenvalue weighted by Gasteiger charge is 2.41. The molecule has 1 unspecified atom stereocenters. The van der Waals surface area contributed by atoms with Crippen LogP contribution in [0.2, 0.25) is 0 Å². The van der Waals surface area contributed by atoms with E-state index < -0.39 is 13.3 Å². The number of hydrogen-bond donors (Lipinski definition) is 1. The minimum atomic E-state index is -3.11. The minimum absolute atomic E-state index is 0.112. The van der Waals surface area contributed by atoms with Crippen LogP contribution in [0.5, 0.6) is 0 Å². The topological polar surface area (TPSA) is 52.6 Å². The van der Waals surface area contributed by atoms with Gasteiger partial charge < -0.3 is 9.05 Å². The maximum Gasteiger partial charge on any atom is 0.333 e. The fourth-order valence-corrected chi connectivity index (χ4v) is 3.68. The van der Waals surface area contributed by atoms with Crippen LogP contribution in [0.1, 0.15) is 27.2 Å². The highest BCUT2D eigenvalue weighted by Crippen LogP contribution is 2.58. The maximum atomic E-state index is 12.1. The van der Waals surface area contributed by atoms with Crippen LogP contribution in [0.4, 0.5) is 0 Å². The summed E-state index contributed by atoms with van der Waals surface area (Å²) in [5.41, 5.74) is -0.530. The van der Waals surface area contributed by atoms with Crippen LogP contribution < -0.4 is 0 Å². The molecule has 4 nitrogen and oxygen atoms in total. The van der Waals surface area contributed by atoms with E-state index in [2.05, 4.69) is 12.6 Å². The summed E-state index contributed by atoms with van der Waals surface area (Å²) in [6.07, 6.45) is 0.112. The van der Waals surface area contributed by atoms with Gasteiger partial charge in [0.2, 0.25) is 0 Å². The summed E-state index contributed by atoms with van der Waals surface area (Å²) in [4.78, 5) is 10.8. The Labute approximate surface area is 95.7 Å². The van der Waals surface area contributed by atoms with Crippen molar-refractivity contribution in [1.82, 2.24) is 0 Å². The van der Waals surface area contributed by atoms with Gasteiger partial charge in [0, 0.05) is 11.8 Å². The van der Waals surface area contributed by atoms with Gasteiger partial charge in [-0.3, -0.25) is 9.36 Å². The molecular weight excluding hydrogens is 235 g/mol. The highest BCUT2D eigenvalue weighted by molar-refractivity contribution is 7.96. The first-order valence-corrected chi connectivity index (χ1v) is 6.92. The Morgan fingerprint density at radius 3 is 2.33 bits per heavy atom. The van der Waals surface area contributed by atoms with Crippen LogP contribution in [-0.2, 0) is 18.4 Å². The molecule has 0 aromatic heterocycles. The second-order valence-electron chi connectivity index (χ2n) is 4.70. The van der Waals surface area contributed by atoms with E-state index in [1.54, 1.807) is 6.92 Å². The summed E-state index contributed by atoms with van der Waals surface area (Å²) in [6.45, 7) is 6.44. The van der Waals surface area contributed by atoms with Crippen LogP contribution in [0.3, 0.4) is 0 Å². The number of rotatable bonds is 3. The van der Waals surface area contributed by atoms with Gasteiger partial charge in [-0.2, -0.15) is 0 Å². The third-order valence-corrected chi connectivity index (χ3v) is 4.70. The van der Waals surface area contributed by atoms with Gasteiger partial charge in [0.1, 0.15) is 0 Å². The molecule has 1 heterocycles. The number of carbonyl (C=O) groups excluding carboxylic acids is 1. The van der Waals surface area contributed by atoms with Crippen LogP contribution in [-0.4, -0.2) is 24.0 Å². The van der Waals surface area contributed by atoms with E-state index >= 15 is 0 Å². The summed E-state index contributed by atoms with van der Waals surface area (Å²) in [5, 5.41) is -0.297. The summed E-state index contributed by atoms with van der Waals surface area (Å²) < 4.78 is 22.7. The molecule has 1 fully saturated rings. The van der Waals surface area contributed by atoms with E-state index in [1.165, 1.54) is 0 Å². The predicted octanol–water partition coefficient (Wildman–Crippen LogP) is 2.49. The number of hydrogen-bond acceptors (Lipinski definition) is 4. The average Bonchev–Trinajstić information content (AvgIpc) is 2.09. The predicted molar refractivity (Wildman–Crippen MR) is 61.4 cm³/mol. The highest BCUT2D eigenvalue weighted by atomic mass is 32.1. The zero-order valence-electron chi connectivity index (χ0n) is 9.23. The van der Waals surface area contributed by atoms with E-state index in [9.17, 15) is 9.36 Å². The Balaban J connectivity index is 2.62. The third kappa shape index (κ3) is 3.59. The quantitative estimate of drug-likeness (QED) is 0.619. The van der Waals surface area contributed by atoms with Crippen molar-refractivity contribution in [3.8, 4) is 0 Å². The van der Waals surface area contributed by atoms with Crippen LogP contribution in [0, 0.1) is 5.41 Å². The minimum Gasteiger partial charge on any atom is -0.308 e. The van der Waals surface area contributed by atoms with Gasteiger partial charge in [-0.1, -0.05) is 20.8 Å². The van der Waals surface area contributed by atoms with Gasteiger partial charge in [0.25, 0.3) is 0 Å². The Bertz CT molecular complexity index is 288. The second kappa shape index (κ2) is 4.58. The molecule has 88 valence electrons. The lowest BCUT2D eigenvalue weighted by atomic mass is 9.97. The first-order chi connectivity index (χ1) is 6.75. The van der Waals surface area contributed by atoms with E-state index in [-0.39, 0.29) is 17.0 Å². The summed E-state index contributed by atoms with van der Waals surface area (Å²) in [7, 11) is -3.11. The van der Waals surface area contributed by atoms with Gasteiger partial charge >= 0.3 is 7.60 Å². The van der Waals surface area contributed by atoms with E-state index in [0.29, 0.717) is 13.2 Å². The maximum absolute atomic E-state index is 12.1. The van der Waals surface area contributed by atoms with Crippen molar-refractivity contribution >= 4 is 25.3 Å². The molecule has 0 bridgehead atoms. The van der Waals surface area contributed by atoms with Crippen molar-refractivity contribution in [3.63, 3.8) is 0 Å². The van der Waals surface area contributed by atoms with Crippen molar-refractivity contribution < 1.29 is 18.4 Å². The van der Waals surface area contributed by atoms with Crippen molar-refractivity contribution in [2.75, 3.05) is 13.2 Å². The fourth-order valence-electron chi connectivity index (χ4n) is 1.23. The summed E-state index contributed by atoms with van der Waals surface area (Å²) >= 11 is 3.66. The molecule has 0 N–H and O–H groups in total. The molecule has 0 aromatic rings. The van der Waals surface area contributed by atoms with Crippen LogP contribution in [0.15, 0.2) is 0 Å². The van der Waals surface area contributed by atoms with E-state index in [1.807, 2.05) is 13.8 Å². The normalized spacial score (nSPS) is 25.9. The Morgan fingerprint density at radius 2 is 1.93 bits per heavy atom. The monoisotopic (exact) mass is 252 g/mol. The standard InChI is InChI=1S/C9H17O4PS/c1-7(4-8(10)15)14(11)12-5-9(2,3)6-13-14/h7H,4-6H2,1-3H3,(H,10,15). The van der Waals surface area contributed by atoms with Gasteiger partial charge in [0.05, 0.1) is 18.9 Å². The number of carbonyl (C=O) groups is 1. The molecular formula is C9H17O4PS. The molecule has 1 rings (SSSR count). The number of thiol groups is 1. The van der Waals surface area contributed by atoms with Gasteiger partial charge in [-0.25, -0.2) is 0 Å². The molecule has 0 saturated carbocycles. The molecule has 15 heavy (non-hydrogen) atoms. The zero-order valence-corrected chi connectivity index (χ0v) is 11.0. The van der Waals surface area contributed by atoms with Crippen LogP contribution in [0.25, 0.3) is 0 Å². The molecule has 0 aromatic carbocycles. The molecule has 0 aliphatic carbocycles. The largest absolute Gasteiger partial charge is 0.333 e. The Morgan fingerprint density at radius 1 is 1.47 bits per heavy atom. The van der Waals surface area contributed by atoms with Gasteiger partial charge in [0.15, 0.2) is 5.12 Å². The molecule has 1 aliphatic heterocycles. The lowest BCUT2D eigenvalue weighted by molar-refractivity contribution is -0.110. The molecule has 0 spiro atoms. The van der Waals surface area contributed by atoms with Gasteiger partial charge in [-0.05, 0) is 0 Å². The van der Waals surface area contributed by atoms with E-state index in [4.69, 9.17) is 9.05 Å². The average molecular weight is 252 g/mol. The summed E-state index contributed by atoms with van der Waals surface area (Å²) in [5.74, 6) is 0. The first-order valence-electron chi connectivity index (χ1n) is 4.86. The van der Waals surface area contributed by atoms with Crippen molar-refractivity contribution in [1.29, 1.82) is 0 Å². The van der Waals surface area contributed by atoms with E-state index in [0.717, 1.165) is 0 Å². The SMILES string of the molecule is CC(CC(=O)S)P1(=O)OCC(C)(C)CO1. The van der Waals surface area contributed by atoms with Crippen molar-refractivity contribution in [2.45, 2.75) is 32.9 Å². The molecule has 0 radical (unpaired) electrons. The lowest BCUT2D eigenvalue weighted by Gasteiger charge is -2.36. The van der Waals surface area contributed by atoms with Crippen molar-refractivity contribution in [2.24, 2.45) is 5.41 Å². The second-order valence-corrected chi connectivity index (χ2v) is 7.67. The van der Waals surface area contributed by atoms with Crippen molar-refractivity contribution in [3.05, 3.63) is 0 Å². The van der Waals surface area contributed by atoms with Gasteiger partial charge in [-0.15, -0.1) is 12.6 Å². The summed E-state index contributed by atoms with van der Waals surface area (Å²) in [6, 6.07) is 0. The molecule has 1 aliphatic rings. The molecule has 1 saturated heterocycles. The molecule has 1 atom stereocenters. The smallest absolute Gasteiger partial charge is 0.308 e.